The molecule has 2 saturated carbocycles. The SMILES string of the molecule is C[C@]1(O)CC[C@@H]2C(C(=O)O[C@H]3[C@H]4C=CO[C@@H](O[C@@H]5O[C@@H](CO)[C@@H](O)[C@@H](O)[C@@H]5O)[C@@H]4[C@@]4(CO)O[C@@H]34)=CO[C@@H](O[C@@H]3O[C@@H](CO)[C@@H](O)[C@H](O)[C@@H]3O)[C@@H]21. The first-order valence-corrected chi connectivity index (χ1v) is 16.6. The lowest BCUT2D eigenvalue weighted by Crippen LogP contribution is -2.60. The monoisotopic (exact) mass is 720 g/mol. The zero-order valence-electron chi connectivity index (χ0n) is 26.8. The maximum Gasteiger partial charge on any atom is 0.337 e. The Balaban J connectivity index is 1.07. The highest BCUT2D eigenvalue weighted by atomic mass is 16.8. The molecule has 2 aliphatic carbocycles. The second kappa shape index (κ2) is 13.4. The van der Waals surface area contributed by atoms with E-state index in [-0.39, 0.29) is 12.0 Å². The Labute approximate surface area is 284 Å². The van der Waals surface area contributed by atoms with Gasteiger partial charge in [0.15, 0.2) is 12.6 Å². The van der Waals surface area contributed by atoms with Crippen molar-refractivity contribution in [1.29, 1.82) is 0 Å². The van der Waals surface area contributed by atoms with E-state index in [1.54, 1.807) is 6.08 Å². The van der Waals surface area contributed by atoms with Gasteiger partial charge in [0.05, 0.1) is 55.4 Å². The average Bonchev–Trinajstić information content (AvgIpc) is 3.66. The van der Waals surface area contributed by atoms with Gasteiger partial charge in [0.25, 0.3) is 0 Å². The molecule has 5 heterocycles. The molecule has 19 nitrogen and oxygen atoms in total. The molecule has 5 fully saturated rings. The van der Waals surface area contributed by atoms with Crippen LogP contribution in [-0.2, 0) is 42.7 Å². The Hall–Kier alpha value is -2.05. The molecule has 7 rings (SSSR count). The Kier molecular flexibility index (Phi) is 9.75. The zero-order valence-corrected chi connectivity index (χ0v) is 26.8. The first-order chi connectivity index (χ1) is 23.8. The minimum Gasteiger partial charge on any atom is -0.472 e. The van der Waals surface area contributed by atoms with Crippen molar-refractivity contribution in [2.75, 3.05) is 19.8 Å². The van der Waals surface area contributed by atoms with Crippen LogP contribution in [0.5, 0.6) is 0 Å². The van der Waals surface area contributed by atoms with Crippen molar-refractivity contribution in [3.63, 3.8) is 0 Å². The molecule has 0 aromatic rings. The lowest BCUT2D eigenvalue weighted by atomic mass is 9.81. The highest BCUT2D eigenvalue weighted by Gasteiger charge is 2.77. The summed E-state index contributed by atoms with van der Waals surface area (Å²) in [6.45, 7) is -0.335. The third-order valence-electron chi connectivity index (χ3n) is 11.3. The van der Waals surface area contributed by atoms with Crippen molar-refractivity contribution in [3.05, 3.63) is 24.2 Å². The van der Waals surface area contributed by atoms with Crippen LogP contribution in [0.15, 0.2) is 24.2 Å². The summed E-state index contributed by atoms with van der Waals surface area (Å²) in [7, 11) is 0. The lowest BCUT2D eigenvalue weighted by molar-refractivity contribution is -0.346. The molecule has 7 aliphatic rings. The fourth-order valence-electron chi connectivity index (χ4n) is 8.48. The molecule has 0 amide bonds. The summed E-state index contributed by atoms with van der Waals surface area (Å²) < 4.78 is 46.0. The Morgan fingerprint density at radius 3 is 1.96 bits per heavy atom. The number of aliphatic hydroxyl groups excluding tert-OH is 9. The summed E-state index contributed by atoms with van der Waals surface area (Å²) >= 11 is 0. The van der Waals surface area contributed by atoms with Gasteiger partial charge < -0.3 is 89.0 Å². The molecular formula is C31H44O19. The summed E-state index contributed by atoms with van der Waals surface area (Å²) in [5, 5.41) is 103. The van der Waals surface area contributed by atoms with E-state index in [0.29, 0.717) is 6.42 Å². The number of hydrogen-bond donors (Lipinski definition) is 10. The molecule has 0 bridgehead atoms. The van der Waals surface area contributed by atoms with Crippen LogP contribution >= 0.6 is 0 Å². The number of fused-ring (bicyclic) bond motifs is 4. The summed E-state index contributed by atoms with van der Waals surface area (Å²) in [6.07, 6.45) is -15.4. The van der Waals surface area contributed by atoms with E-state index in [1.807, 2.05) is 0 Å². The third-order valence-corrected chi connectivity index (χ3v) is 11.3. The second-order valence-corrected chi connectivity index (χ2v) is 14.2. The zero-order chi connectivity index (χ0) is 35.9. The fourth-order valence-corrected chi connectivity index (χ4v) is 8.48. The number of rotatable bonds is 9. The molecule has 3 saturated heterocycles. The van der Waals surface area contributed by atoms with Crippen molar-refractivity contribution in [2.24, 2.45) is 23.7 Å². The Morgan fingerprint density at radius 1 is 0.820 bits per heavy atom. The van der Waals surface area contributed by atoms with Gasteiger partial charge in [-0.3, -0.25) is 0 Å². The van der Waals surface area contributed by atoms with Crippen molar-refractivity contribution >= 4 is 5.97 Å². The molecule has 0 unspecified atom stereocenters. The topological polar surface area (TPSA) is 297 Å². The van der Waals surface area contributed by atoms with Crippen LogP contribution < -0.4 is 0 Å². The Bertz CT molecular complexity index is 1320. The van der Waals surface area contributed by atoms with E-state index in [0.717, 1.165) is 6.26 Å². The average molecular weight is 721 g/mol. The highest BCUT2D eigenvalue weighted by Crippen LogP contribution is 2.61. The first kappa shape index (κ1) is 36.3. The van der Waals surface area contributed by atoms with Crippen LogP contribution in [0.2, 0.25) is 0 Å². The summed E-state index contributed by atoms with van der Waals surface area (Å²) in [5.74, 6) is -3.78. The number of carbonyl (C=O) groups excluding carboxylic acids is 1. The van der Waals surface area contributed by atoms with Gasteiger partial charge in [-0.25, -0.2) is 4.79 Å². The normalized spacial score (nSPS) is 53.7. The van der Waals surface area contributed by atoms with Crippen molar-refractivity contribution < 1.29 is 93.8 Å². The maximum absolute atomic E-state index is 13.8. The van der Waals surface area contributed by atoms with Gasteiger partial charge >= 0.3 is 5.97 Å². The van der Waals surface area contributed by atoms with Gasteiger partial charge in [-0.05, 0) is 25.8 Å². The smallest absolute Gasteiger partial charge is 0.337 e. The Morgan fingerprint density at radius 2 is 1.40 bits per heavy atom. The number of hydrogen-bond acceptors (Lipinski definition) is 19. The quantitative estimate of drug-likeness (QED) is 0.0786. The highest BCUT2D eigenvalue weighted by molar-refractivity contribution is 5.89. The number of ether oxygens (including phenoxy) is 8. The number of epoxide rings is 1. The molecule has 50 heavy (non-hydrogen) atoms. The van der Waals surface area contributed by atoms with Crippen LogP contribution in [0.1, 0.15) is 19.8 Å². The van der Waals surface area contributed by atoms with Crippen LogP contribution in [0.4, 0.5) is 0 Å². The van der Waals surface area contributed by atoms with Gasteiger partial charge in [0.1, 0.15) is 66.6 Å². The molecule has 0 aromatic carbocycles. The van der Waals surface area contributed by atoms with Crippen LogP contribution in [-0.4, -0.2) is 174 Å². The van der Waals surface area contributed by atoms with Gasteiger partial charge in [-0.15, -0.1) is 0 Å². The molecule has 19 heteroatoms. The van der Waals surface area contributed by atoms with Crippen LogP contribution in [0.25, 0.3) is 0 Å². The second-order valence-electron chi connectivity index (χ2n) is 14.2. The van der Waals surface area contributed by atoms with E-state index < -0.39 is 147 Å². The molecule has 0 radical (unpaired) electrons. The summed E-state index contributed by atoms with van der Waals surface area (Å²) in [4.78, 5) is 13.8. The lowest BCUT2D eigenvalue weighted by Gasteiger charge is -2.44. The minimum atomic E-state index is -1.72. The number of aliphatic hydroxyl groups is 10. The predicted octanol–water partition coefficient (Wildman–Crippen LogP) is -5.21. The third kappa shape index (κ3) is 5.76. The van der Waals surface area contributed by atoms with E-state index in [2.05, 4.69) is 0 Å². The van der Waals surface area contributed by atoms with Gasteiger partial charge in [0.2, 0.25) is 12.6 Å². The van der Waals surface area contributed by atoms with Crippen molar-refractivity contribution in [2.45, 2.75) is 117 Å². The van der Waals surface area contributed by atoms with Crippen molar-refractivity contribution in [3.8, 4) is 0 Å². The largest absolute Gasteiger partial charge is 0.472 e. The van der Waals surface area contributed by atoms with E-state index in [1.165, 1.54) is 13.2 Å². The fraction of sp³-hybridized carbons (Fsp3) is 0.839. The predicted molar refractivity (Wildman–Crippen MR) is 155 cm³/mol. The van der Waals surface area contributed by atoms with E-state index >= 15 is 0 Å². The van der Waals surface area contributed by atoms with Crippen molar-refractivity contribution in [1.82, 2.24) is 0 Å². The van der Waals surface area contributed by atoms with Gasteiger partial charge in [-0.2, -0.15) is 0 Å². The maximum atomic E-state index is 13.8. The standard InChI is InChI=1S/C31H44O19/c1-30(42)4-2-10-12(8-44-26(15(10)30)48-28-21(39)19(37)17(35)13(6-32)45-28)25(41)47-23-11-3-5-43-27(16(11)31(9-34)24(23)50-31)49-29-22(40)20(38)18(36)14(7-33)46-29/h3,5,8,10-11,13-24,26-29,32-40,42H,2,4,6-7,9H2,1H3/t10-,11+,13+,14+,15-,16-,17-,18-,19+,20-,21+,22+,23+,24+,26+,27+,28+,29+,30+,31-/m1/s1. The van der Waals surface area contributed by atoms with Gasteiger partial charge in [0, 0.05) is 11.8 Å². The van der Waals surface area contributed by atoms with E-state index in [4.69, 9.17) is 37.9 Å². The minimum absolute atomic E-state index is 0.0743. The van der Waals surface area contributed by atoms with Gasteiger partial charge in [-0.1, -0.05) is 0 Å². The van der Waals surface area contributed by atoms with Crippen LogP contribution in [0, 0.1) is 23.7 Å². The molecule has 282 valence electrons. The number of carbonyl (C=O) groups is 1. The molecule has 5 aliphatic heterocycles. The van der Waals surface area contributed by atoms with Crippen LogP contribution in [0.3, 0.4) is 0 Å². The number of esters is 1. The molecule has 0 aromatic heterocycles. The summed E-state index contributed by atoms with van der Waals surface area (Å²) in [6, 6.07) is 0. The molecular weight excluding hydrogens is 676 g/mol. The summed E-state index contributed by atoms with van der Waals surface area (Å²) in [5.41, 5.74) is -2.63. The molecule has 20 atom stereocenters. The van der Waals surface area contributed by atoms with E-state index in [9.17, 15) is 55.9 Å². The molecule has 10 N–H and O–H groups in total. The molecule has 0 spiro atoms. The first-order valence-electron chi connectivity index (χ1n) is 16.6.